The van der Waals surface area contributed by atoms with E-state index in [1.165, 1.54) is 12.8 Å². The SMILES string of the molecule is CCCS(=O)(=O)N1CCN(Cc2ccc(NC(=O)c3ccc(-c4nccc(NCC5CC5)n4)cc3)cc2)CC1. The lowest BCUT2D eigenvalue weighted by molar-refractivity contribution is 0.102. The maximum atomic E-state index is 12.8. The second-order valence-electron chi connectivity index (χ2n) is 10.3. The predicted molar refractivity (Wildman–Crippen MR) is 154 cm³/mol. The maximum Gasteiger partial charge on any atom is 0.255 e. The molecular weight excluding hydrogens is 512 g/mol. The molecule has 206 valence electrons. The highest BCUT2D eigenvalue weighted by molar-refractivity contribution is 7.89. The molecule has 0 radical (unpaired) electrons. The lowest BCUT2D eigenvalue weighted by Gasteiger charge is -2.34. The second-order valence-corrected chi connectivity index (χ2v) is 12.4. The zero-order chi connectivity index (χ0) is 27.2. The maximum absolute atomic E-state index is 12.8. The summed E-state index contributed by atoms with van der Waals surface area (Å²) in [6.45, 7) is 6.07. The highest BCUT2D eigenvalue weighted by Crippen LogP contribution is 2.29. The van der Waals surface area contributed by atoms with Gasteiger partial charge >= 0.3 is 0 Å². The molecule has 9 nitrogen and oxygen atoms in total. The van der Waals surface area contributed by atoms with Gasteiger partial charge in [0.2, 0.25) is 10.0 Å². The van der Waals surface area contributed by atoms with Crippen molar-refractivity contribution in [1.82, 2.24) is 19.2 Å². The molecule has 2 aromatic carbocycles. The number of hydrogen-bond donors (Lipinski definition) is 2. The van der Waals surface area contributed by atoms with E-state index in [0.29, 0.717) is 44.0 Å². The first-order valence-corrected chi connectivity index (χ1v) is 15.3. The Morgan fingerprint density at radius 3 is 2.36 bits per heavy atom. The Labute approximate surface area is 230 Å². The van der Waals surface area contributed by atoms with Crippen molar-refractivity contribution in [3.63, 3.8) is 0 Å². The molecule has 2 aliphatic rings. The van der Waals surface area contributed by atoms with E-state index in [4.69, 9.17) is 0 Å². The van der Waals surface area contributed by atoms with Gasteiger partial charge in [0.1, 0.15) is 5.82 Å². The summed E-state index contributed by atoms with van der Waals surface area (Å²) in [6, 6.07) is 17.0. The third kappa shape index (κ3) is 7.40. The van der Waals surface area contributed by atoms with Crippen LogP contribution in [0.3, 0.4) is 0 Å². The monoisotopic (exact) mass is 548 g/mol. The van der Waals surface area contributed by atoms with Crippen molar-refractivity contribution < 1.29 is 13.2 Å². The average Bonchev–Trinajstić information content (AvgIpc) is 3.78. The van der Waals surface area contributed by atoms with Crippen LogP contribution in [-0.4, -0.2) is 72.0 Å². The van der Waals surface area contributed by atoms with Crippen LogP contribution in [-0.2, 0) is 16.6 Å². The molecule has 1 aliphatic carbocycles. The molecule has 2 N–H and O–H groups in total. The molecule has 3 aromatic rings. The van der Waals surface area contributed by atoms with Crippen molar-refractivity contribution in [2.24, 2.45) is 5.92 Å². The van der Waals surface area contributed by atoms with Crippen LogP contribution in [0.15, 0.2) is 60.8 Å². The fraction of sp³-hybridized carbons (Fsp3) is 0.414. The van der Waals surface area contributed by atoms with E-state index in [1.807, 2.05) is 49.4 Å². The Hall–Kier alpha value is -3.34. The second kappa shape index (κ2) is 12.2. The van der Waals surface area contributed by atoms with Gasteiger partial charge in [-0.1, -0.05) is 31.2 Å². The van der Waals surface area contributed by atoms with Gasteiger partial charge < -0.3 is 10.6 Å². The highest BCUT2D eigenvalue weighted by atomic mass is 32.2. The largest absolute Gasteiger partial charge is 0.370 e. The molecule has 39 heavy (non-hydrogen) atoms. The summed E-state index contributed by atoms with van der Waals surface area (Å²) in [5.41, 5.74) is 3.26. The van der Waals surface area contributed by atoms with Gasteiger partial charge in [-0.15, -0.1) is 0 Å². The van der Waals surface area contributed by atoms with Crippen molar-refractivity contribution in [3.05, 3.63) is 71.9 Å². The van der Waals surface area contributed by atoms with Crippen LogP contribution in [0.2, 0.25) is 0 Å². The molecule has 5 rings (SSSR count). The Morgan fingerprint density at radius 2 is 1.69 bits per heavy atom. The lowest BCUT2D eigenvalue weighted by Crippen LogP contribution is -2.48. The molecule has 1 saturated heterocycles. The number of rotatable bonds is 11. The number of aromatic nitrogens is 2. The predicted octanol–water partition coefficient (Wildman–Crippen LogP) is 4.08. The molecule has 1 aliphatic heterocycles. The topological polar surface area (TPSA) is 108 Å². The van der Waals surface area contributed by atoms with Crippen molar-refractivity contribution in [2.75, 3.05) is 49.1 Å². The Morgan fingerprint density at radius 1 is 0.974 bits per heavy atom. The van der Waals surface area contributed by atoms with E-state index in [2.05, 4.69) is 25.5 Å². The molecule has 1 amide bonds. The third-order valence-corrected chi connectivity index (χ3v) is 9.21. The zero-order valence-corrected chi connectivity index (χ0v) is 23.2. The van der Waals surface area contributed by atoms with Crippen molar-refractivity contribution >= 4 is 27.4 Å². The number of hydrogen-bond acceptors (Lipinski definition) is 7. The summed E-state index contributed by atoms with van der Waals surface area (Å²) in [6.07, 6.45) is 4.95. The first kappa shape index (κ1) is 27.2. The number of amides is 1. The number of piperazine rings is 1. The molecule has 1 aromatic heterocycles. The van der Waals surface area contributed by atoms with Gasteiger partial charge in [-0.25, -0.2) is 18.4 Å². The van der Waals surface area contributed by atoms with Gasteiger partial charge in [0.15, 0.2) is 5.82 Å². The summed E-state index contributed by atoms with van der Waals surface area (Å²) in [4.78, 5) is 24.1. The van der Waals surface area contributed by atoms with E-state index in [1.54, 1.807) is 22.6 Å². The van der Waals surface area contributed by atoms with Crippen LogP contribution in [0.25, 0.3) is 11.4 Å². The molecule has 2 heterocycles. The summed E-state index contributed by atoms with van der Waals surface area (Å²) in [7, 11) is -3.13. The zero-order valence-electron chi connectivity index (χ0n) is 22.3. The number of benzene rings is 2. The van der Waals surface area contributed by atoms with Crippen LogP contribution in [0, 0.1) is 5.92 Å². The first-order valence-electron chi connectivity index (χ1n) is 13.7. The molecule has 0 unspecified atom stereocenters. The molecule has 1 saturated carbocycles. The number of nitrogens with zero attached hydrogens (tertiary/aromatic N) is 4. The third-order valence-electron chi connectivity index (χ3n) is 7.13. The lowest BCUT2D eigenvalue weighted by atomic mass is 10.1. The van der Waals surface area contributed by atoms with Gasteiger partial charge in [-0.05, 0) is 61.1 Å². The van der Waals surface area contributed by atoms with Gasteiger partial charge in [-0.2, -0.15) is 4.31 Å². The summed E-state index contributed by atoms with van der Waals surface area (Å²) in [5, 5.41) is 6.33. The molecule has 2 fully saturated rings. The van der Waals surface area contributed by atoms with E-state index >= 15 is 0 Å². The van der Waals surface area contributed by atoms with Gasteiger partial charge in [0.25, 0.3) is 5.91 Å². The van der Waals surface area contributed by atoms with E-state index in [9.17, 15) is 13.2 Å². The minimum Gasteiger partial charge on any atom is -0.370 e. The summed E-state index contributed by atoms with van der Waals surface area (Å²) < 4.78 is 26.2. The quantitative estimate of drug-likeness (QED) is 0.372. The highest BCUT2D eigenvalue weighted by Gasteiger charge is 2.26. The normalized spacial score (nSPS) is 16.6. The van der Waals surface area contributed by atoms with Crippen LogP contribution in [0.5, 0.6) is 0 Å². The van der Waals surface area contributed by atoms with E-state index < -0.39 is 10.0 Å². The number of nitrogens with one attached hydrogen (secondary N) is 2. The number of anilines is 2. The average molecular weight is 549 g/mol. The van der Waals surface area contributed by atoms with Gasteiger partial charge in [0.05, 0.1) is 5.75 Å². The van der Waals surface area contributed by atoms with Gasteiger partial charge in [0, 0.05) is 62.3 Å². The first-order chi connectivity index (χ1) is 18.9. The molecule has 10 heteroatoms. The Balaban J connectivity index is 1.12. The number of carbonyl (C=O) groups is 1. The minimum atomic E-state index is -3.13. The van der Waals surface area contributed by atoms with Gasteiger partial charge in [-0.3, -0.25) is 9.69 Å². The van der Waals surface area contributed by atoms with E-state index in [-0.39, 0.29) is 11.7 Å². The van der Waals surface area contributed by atoms with Crippen LogP contribution in [0.4, 0.5) is 11.5 Å². The smallest absolute Gasteiger partial charge is 0.255 e. The van der Waals surface area contributed by atoms with Crippen LogP contribution in [0.1, 0.15) is 42.1 Å². The molecule has 0 spiro atoms. The summed E-state index contributed by atoms with van der Waals surface area (Å²) in [5.74, 6) is 2.24. The molecule has 0 atom stereocenters. The van der Waals surface area contributed by atoms with Crippen LogP contribution >= 0.6 is 0 Å². The minimum absolute atomic E-state index is 0.181. The fourth-order valence-corrected chi connectivity index (χ4v) is 6.14. The Kier molecular flexibility index (Phi) is 8.54. The van der Waals surface area contributed by atoms with Crippen molar-refractivity contribution in [3.8, 4) is 11.4 Å². The molecular formula is C29H36N6O3S. The Bertz CT molecular complexity index is 1370. The fourth-order valence-electron chi connectivity index (χ4n) is 4.65. The van der Waals surface area contributed by atoms with Crippen molar-refractivity contribution in [1.29, 1.82) is 0 Å². The summed E-state index contributed by atoms with van der Waals surface area (Å²) >= 11 is 0. The number of sulfonamides is 1. The van der Waals surface area contributed by atoms with E-state index in [0.717, 1.165) is 41.6 Å². The van der Waals surface area contributed by atoms with Crippen LogP contribution < -0.4 is 10.6 Å². The molecule has 0 bridgehead atoms. The standard InChI is InChI=1S/C29H36N6O3S/c1-2-19-39(37,38)35-17-15-34(16-18-35)21-23-5-11-26(12-6-23)32-29(36)25-9-7-24(8-10-25)28-30-14-13-27(33-28)31-20-22-3-4-22/h5-14,22H,2-4,15-21H2,1H3,(H,32,36)(H,30,31,33). The number of carbonyl (C=O) groups excluding carboxylic acids is 1. The van der Waals surface area contributed by atoms with Crippen molar-refractivity contribution in [2.45, 2.75) is 32.7 Å².